The highest BCUT2D eigenvalue weighted by molar-refractivity contribution is 5.97. The van der Waals surface area contributed by atoms with E-state index in [4.69, 9.17) is 4.74 Å². The van der Waals surface area contributed by atoms with Crippen molar-refractivity contribution in [1.29, 1.82) is 0 Å². The van der Waals surface area contributed by atoms with Crippen molar-refractivity contribution in [2.75, 3.05) is 26.7 Å². The summed E-state index contributed by atoms with van der Waals surface area (Å²) in [7, 11) is 1.63. The first-order valence-electron chi connectivity index (χ1n) is 12.6. The van der Waals surface area contributed by atoms with Gasteiger partial charge in [-0.1, -0.05) is 55.5 Å². The van der Waals surface area contributed by atoms with E-state index in [9.17, 15) is 19.1 Å². The van der Waals surface area contributed by atoms with E-state index in [1.807, 2.05) is 49.4 Å². The molecule has 1 aliphatic rings. The molecule has 0 unspecified atom stereocenters. The number of fused-ring (bicyclic) bond motifs is 1. The van der Waals surface area contributed by atoms with Gasteiger partial charge in [-0.25, -0.2) is 9.37 Å². The second kappa shape index (κ2) is 12.0. The predicted molar refractivity (Wildman–Crippen MR) is 144 cm³/mol. The molecular weight excluding hydrogens is 485 g/mol. The van der Waals surface area contributed by atoms with Crippen LogP contribution in [0.4, 0.5) is 4.39 Å². The van der Waals surface area contributed by atoms with Gasteiger partial charge in [-0.15, -0.1) is 0 Å². The molecule has 3 aromatic rings. The molecule has 2 heterocycles. The number of carbonyl (C=O) groups is 2. The minimum atomic E-state index is -0.504. The molecule has 8 heteroatoms. The average Bonchev–Trinajstić information content (AvgIpc) is 2.93. The van der Waals surface area contributed by atoms with Crippen molar-refractivity contribution >= 4 is 24.0 Å². The standard InChI is InChI=1S/C30H32FN3O4/c1-20-17-34(21(2)19-35)30(37)26-14-23(13-12-22-8-5-4-6-9-22)16-32-28(26)38-27(20)18-33(3)29(36)24-10-7-11-25(31)15-24/h4-16,20-21,27,35H,17-19H2,1-3H3/b13-12+/t20-,21+,27-/m1/s1. The first kappa shape index (κ1) is 27.0. The highest BCUT2D eigenvalue weighted by atomic mass is 19.1. The molecule has 4 rings (SSSR count). The molecule has 38 heavy (non-hydrogen) atoms. The van der Waals surface area contributed by atoms with Crippen molar-refractivity contribution in [2.24, 2.45) is 5.92 Å². The van der Waals surface area contributed by atoms with Gasteiger partial charge in [-0.2, -0.15) is 0 Å². The Balaban J connectivity index is 1.64. The van der Waals surface area contributed by atoms with E-state index >= 15 is 0 Å². The van der Waals surface area contributed by atoms with Crippen LogP contribution in [0.1, 0.15) is 45.7 Å². The third-order valence-corrected chi connectivity index (χ3v) is 6.68. The van der Waals surface area contributed by atoms with Crippen molar-refractivity contribution in [1.82, 2.24) is 14.8 Å². The van der Waals surface area contributed by atoms with Crippen molar-refractivity contribution in [2.45, 2.75) is 26.0 Å². The third kappa shape index (κ3) is 6.26. The number of aliphatic hydroxyl groups excluding tert-OH is 1. The number of ether oxygens (including phenoxy) is 1. The summed E-state index contributed by atoms with van der Waals surface area (Å²) in [5.74, 6) is -1.12. The molecule has 198 valence electrons. The van der Waals surface area contributed by atoms with Crippen LogP contribution in [-0.4, -0.2) is 70.6 Å². The van der Waals surface area contributed by atoms with E-state index in [1.54, 1.807) is 37.2 Å². The van der Waals surface area contributed by atoms with Gasteiger partial charge in [0.1, 0.15) is 17.5 Å². The quantitative estimate of drug-likeness (QED) is 0.503. The summed E-state index contributed by atoms with van der Waals surface area (Å²) in [5.41, 5.74) is 2.27. The lowest BCUT2D eigenvalue weighted by Crippen LogP contribution is -2.50. The lowest BCUT2D eigenvalue weighted by Gasteiger charge is -2.37. The van der Waals surface area contributed by atoms with Gasteiger partial charge in [-0.05, 0) is 42.3 Å². The fourth-order valence-electron chi connectivity index (χ4n) is 4.38. The van der Waals surface area contributed by atoms with Crippen LogP contribution < -0.4 is 4.74 Å². The maximum Gasteiger partial charge on any atom is 0.259 e. The van der Waals surface area contributed by atoms with E-state index < -0.39 is 18.0 Å². The van der Waals surface area contributed by atoms with Crippen LogP contribution in [-0.2, 0) is 0 Å². The number of nitrogens with zero attached hydrogens (tertiary/aromatic N) is 3. The zero-order valence-corrected chi connectivity index (χ0v) is 21.8. The molecule has 0 fully saturated rings. The summed E-state index contributed by atoms with van der Waals surface area (Å²) in [6.45, 7) is 4.03. The van der Waals surface area contributed by atoms with E-state index in [0.717, 1.165) is 11.1 Å². The summed E-state index contributed by atoms with van der Waals surface area (Å²) in [6, 6.07) is 16.6. The smallest absolute Gasteiger partial charge is 0.259 e. The van der Waals surface area contributed by atoms with Gasteiger partial charge in [0, 0.05) is 31.3 Å². The topological polar surface area (TPSA) is 83.0 Å². The van der Waals surface area contributed by atoms with Crippen molar-refractivity contribution in [3.8, 4) is 5.88 Å². The molecule has 0 spiro atoms. The maximum atomic E-state index is 13.7. The zero-order valence-electron chi connectivity index (χ0n) is 21.8. The van der Waals surface area contributed by atoms with E-state index in [-0.39, 0.29) is 47.9 Å². The molecule has 0 saturated carbocycles. The first-order chi connectivity index (χ1) is 18.3. The normalized spacial score (nSPS) is 18.3. The van der Waals surface area contributed by atoms with Crippen molar-refractivity contribution in [3.05, 3.63) is 94.9 Å². The molecule has 3 atom stereocenters. The molecule has 0 aliphatic carbocycles. The molecule has 1 aromatic heterocycles. The summed E-state index contributed by atoms with van der Waals surface area (Å²) >= 11 is 0. The number of hydrogen-bond acceptors (Lipinski definition) is 5. The lowest BCUT2D eigenvalue weighted by atomic mass is 9.99. The maximum absolute atomic E-state index is 13.7. The molecule has 0 bridgehead atoms. The van der Waals surface area contributed by atoms with Crippen LogP contribution in [0.15, 0.2) is 66.9 Å². The molecule has 1 aliphatic heterocycles. The first-order valence-corrected chi connectivity index (χ1v) is 12.6. The fraction of sp³-hybridized carbons (Fsp3) is 0.300. The second-order valence-electron chi connectivity index (χ2n) is 9.68. The van der Waals surface area contributed by atoms with Crippen LogP contribution in [0.3, 0.4) is 0 Å². The molecule has 1 N–H and O–H groups in total. The van der Waals surface area contributed by atoms with Gasteiger partial charge in [0.25, 0.3) is 11.8 Å². The Kier molecular flexibility index (Phi) is 8.53. The van der Waals surface area contributed by atoms with Crippen LogP contribution in [0.5, 0.6) is 5.88 Å². The Morgan fingerprint density at radius 2 is 1.92 bits per heavy atom. The van der Waals surface area contributed by atoms with E-state index in [2.05, 4.69) is 4.98 Å². The van der Waals surface area contributed by atoms with Gasteiger partial charge in [0.05, 0.1) is 19.2 Å². The van der Waals surface area contributed by atoms with Crippen LogP contribution in [0, 0.1) is 11.7 Å². The number of aromatic nitrogens is 1. The Morgan fingerprint density at radius 3 is 2.63 bits per heavy atom. The Labute approximate surface area is 222 Å². The monoisotopic (exact) mass is 517 g/mol. The number of aliphatic hydroxyl groups is 1. The highest BCUT2D eigenvalue weighted by Crippen LogP contribution is 2.28. The number of likely N-dealkylation sites (N-methyl/N-ethyl adjacent to an activating group) is 1. The minimum absolute atomic E-state index is 0.171. The molecule has 7 nitrogen and oxygen atoms in total. The highest BCUT2D eigenvalue weighted by Gasteiger charge is 2.34. The molecule has 0 radical (unpaired) electrons. The Hall–Kier alpha value is -4.04. The van der Waals surface area contributed by atoms with Gasteiger partial charge in [0.2, 0.25) is 5.88 Å². The zero-order chi connectivity index (χ0) is 27.2. The van der Waals surface area contributed by atoms with Crippen LogP contribution in [0.2, 0.25) is 0 Å². The number of halogens is 1. The Bertz CT molecular complexity index is 1310. The molecule has 0 saturated heterocycles. The summed E-state index contributed by atoms with van der Waals surface area (Å²) < 4.78 is 19.9. The summed E-state index contributed by atoms with van der Waals surface area (Å²) in [5, 5.41) is 9.86. The average molecular weight is 518 g/mol. The largest absolute Gasteiger partial charge is 0.472 e. The number of carbonyl (C=O) groups excluding carboxylic acids is 2. The Morgan fingerprint density at radius 1 is 1.18 bits per heavy atom. The van der Waals surface area contributed by atoms with Gasteiger partial charge >= 0.3 is 0 Å². The van der Waals surface area contributed by atoms with Gasteiger partial charge in [-0.3, -0.25) is 9.59 Å². The summed E-state index contributed by atoms with van der Waals surface area (Å²) in [4.78, 5) is 34.1. The number of benzene rings is 2. The van der Waals surface area contributed by atoms with Crippen LogP contribution in [0.25, 0.3) is 12.2 Å². The summed E-state index contributed by atoms with van der Waals surface area (Å²) in [6.07, 6.45) is 4.94. The van der Waals surface area contributed by atoms with E-state index in [1.165, 1.54) is 23.1 Å². The van der Waals surface area contributed by atoms with Crippen molar-refractivity contribution < 1.29 is 23.8 Å². The number of pyridine rings is 1. The lowest BCUT2D eigenvalue weighted by molar-refractivity contribution is 0.0313. The SMILES string of the molecule is C[C@@H]1CN([C@@H](C)CO)C(=O)c2cc(/C=C/c3ccccc3)cnc2O[C@@H]1CN(C)C(=O)c1cccc(F)c1. The number of amides is 2. The number of hydrogen-bond donors (Lipinski definition) is 1. The number of rotatable bonds is 7. The minimum Gasteiger partial charge on any atom is -0.472 e. The van der Waals surface area contributed by atoms with Crippen molar-refractivity contribution in [3.63, 3.8) is 0 Å². The second-order valence-corrected chi connectivity index (χ2v) is 9.68. The van der Waals surface area contributed by atoms with E-state index in [0.29, 0.717) is 6.54 Å². The third-order valence-electron chi connectivity index (χ3n) is 6.68. The van der Waals surface area contributed by atoms with Crippen LogP contribution >= 0.6 is 0 Å². The molecule has 2 amide bonds. The van der Waals surface area contributed by atoms with Gasteiger partial charge in [0.15, 0.2) is 0 Å². The molecule has 2 aromatic carbocycles. The fourth-order valence-corrected chi connectivity index (χ4v) is 4.38. The predicted octanol–water partition coefficient (Wildman–Crippen LogP) is 4.38. The van der Waals surface area contributed by atoms with Gasteiger partial charge < -0.3 is 19.6 Å². The molecular formula is C30H32FN3O4.